The predicted molar refractivity (Wildman–Crippen MR) is 232 cm³/mol. The summed E-state index contributed by atoms with van der Waals surface area (Å²) < 4.78 is 26.7. The Labute approximate surface area is 368 Å². The van der Waals surface area contributed by atoms with Crippen molar-refractivity contribution in [1.29, 1.82) is 0 Å². The summed E-state index contributed by atoms with van der Waals surface area (Å²) in [4.78, 5) is 65.6. The summed E-state index contributed by atoms with van der Waals surface area (Å²) in [6, 6.07) is 14.3. The van der Waals surface area contributed by atoms with Crippen LogP contribution in [0.3, 0.4) is 0 Å². The third kappa shape index (κ3) is 10.4. The first kappa shape index (κ1) is 46.4. The Hall–Kier alpha value is -3.15. The summed E-state index contributed by atoms with van der Waals surface area (Å²) in [7, 11) is 1.59. The molecule has 2 amide bonds. The monoisotopic (exact) mass is 945 g/mol. The van der Waals surface area contributed by atoms with Crippen molar-refractivity contribution in [2.24, 2.45) is 5.41 Å². The molecular weight excluding hydrogens is 881 g/mol. The lowest BCUT2D eigenvalue weighted by Gasteiger charge is -2.50. The highest BCUT2D eigenvalue weighted by molar-refractivity contribution is 14.1. The molecule has 6 rings (SSSR count). The number of nitrogens with zero attached hydrogens (tertiary/aromatic N) is 2. The van der Waals surface area contributed by atoms with Gasteiger partial charge in [-0.1, -0.05) is 82.0 Å². The van der Waals surface area contributed by atoms with Crippen molar-refractivity contribution >= 4 is 46.3 Å². The number of ether oxygens (including phenoxy) is 4. The van der Waals surface area contributed by atoms with Crippen LogP contribution in [0.25, 0.3) is 0 Å². The van der Waals surface area contributed by atoms with Crippen molar-refractivity contribution in [3.8, 4) is 0 Å². The molecule has 2 N–H and O–H groups in total. The van der Waals surface area contributed by atoms with E-state index in [0.29, 0.717) is 12.8 Å². The largest absolute Gasteiger partial charge is 0.460 e. The predicted octanol–water partition coefficient (Wildman–Crippen LogP) is 6.40. The number of hydrogen-bond donors (Lipinski definition) is 2. The zero-order valence-electron chi connectivity index (χ0n) is 36.0. The molecule has 0 unspecified atom stereocenters. The first-order valence-corrected chi connectivity index (χ1v) is 22.9. The fraction of sp³-hybridized carbons (Fsp3) is 0.652. The molecule has 2 bridgehead atoms. The van der Waals surface area contributed by atoms with E-state index in [2.05, 4.69) is 41.8 Å². The Morgan fingerprint density at radius 2 is 1.65 bits per heavy atom. The van der Waals surface area contributed by atoms with Gasteiger partial charge in [-0.15, -0.1) is 0 Å². The van der Waals surface area contributed by atoms with E-state index in [0.717, 1.165) is 53.2 Å². The third-order valence-corrected chi connectivity index (χ3v) is 12.9. The molecule has 1 saturated carbocycles. The Morgan fingerprint density at radius 1 is 0.983 bits per heavy atom. The number of likely N-dealkylation sites (N-methyl/N-ethyl adjacent to an activating group) is 1. The number of carbonyl (C=O) groups excluding carboxylic acids is 4. The molecule has 0 spiro atoms. The van der Waals surface area contributed by atoms with Crippen LogP contribution in [0.5, 0.6) is 0 Å². The number of hydroxylamine groups is 2. The van der Waals surface area contributed by atoms with Gasteiger partial charge in [-0.05, 0) is 85.9 Å². The number of aliphatic hydroxyl groups is 1. The van der Waals surface area contributed by atoms with Crippen molar-refractivity contribution in [2.45, 2.75) is 172 Å². The molecular formula is C46H64IN3O10. The average Bonchev–Trinajstić information content (AvgIpc) is 3.76. The van der Waals surface area contributed by atoms with Gasteiger partial charge in [0.05, 0.1) is 19.2 Å². The lowest BCUT2D eigenvalue weighted by atomic mass is 9.62. The van der Waals surface area contributed by atoms with E-state index >= 15 is 4.79 Å². The number of amides is 2. The fourth-order valence-electron chi connectivity index (χ4n) is 9.40. The molecule has 3 aliphatic heterocycles. The lowest BCUT2D eigenvalue weighted by Crippen LogP contribution is -2.70. The molecule has 1 aliphatic carbocycles. The second-order valence-electron chi connectivity index (χ2n) is 18.0. The Balaban J connectivity index is 1.36. The topological polar surface area (TPSA) is 153 Å². The Morgan fingerprint density at radius 3 is 2.28 bits per heavy atom. The first-order valence-electron chi connectivity index (χ1n) is 21.8. The van der Waals surface area contributed by atoms with E-state index in [4.69, 9.17) is 23.8 Å². The highest BCUT2D eigenvalue weighted by atomic mass is 127. The number of halogens is 1. The minimum absolute atomic E-state index is 0.0203. The molecule has 0 radical (unpaired) electrons. The van der Waals surface area contributed by atoms with Crippen molar-refractivity contribution in [1.82, 2.24) is 15.3 Å². The van der Waals surface area contributed by atoms with Gasteiger partial charge in [0.15, 0.2) is 11.8 Å². The minimum atomic E-state index is -1.49. The molecule has 2 aromatic carbocycles. The minimum Gasteiger partial charge on any atom is -0.460 e. The van der Waals surface area contributed by atoms with E-state index < -0.39 is 89.7 Å². The summed E-state index contributed by atoms with van der Waals surface area (Å²) in [6.07, 6.45) is 4.53. The first-order chi connectivity index (χ1) is 28.6. The average molecular weight is 946 g/mol. The van der Waals surface area contributed by atoms with Crippen molar-refractivity contribution in [3.63, 3.8) is 0 Å². The number of esters is 2. The number of fused-ring (bicyclic) bond motifs is 4. The van der Waals surface area contributed by atoms with Gasteiger partial charge in [0.2, 0.25) is 11.8 Å². The molecule has 0 aromatic heterocycles. The SMILES string of the molecule is CCCCCC1(CCCCC)O[C@@H]2[C@H](O1)[C@H]1ON(Cc3cccc(I)c3)[C@@H]3C(=O)O[C@@H]2C[C@]13C(=O)N(C)[C@H](Cc1ccccc1)C(=O)N[C@H](CO)CCC(=O)OC(C)(C)C. The molecule has 14 heteroatoms. The van der Waals surface area contributed by atoms with E-state index in [1.165, 1.54) is 4.90 Å². The molecule has 2 aromatic rings. The van der Waals surface area contributed by atoms with Crippen LogP contribution >= 0.6 is 22.6 Å². The molecule has 3 heterocycles. The molecule has 3 saturated heterocycles. The summed E-state index contributed by atoms with van der Waals surface area (Å²) in [5.74, 6) is -2.89. The van der Waals surface area contributed by atoms with Crippen LogP contribution in [0, 0.1) is 8.99 Å². The van der Waals surface area contributed by atoms with Crippen LogP contribution < -0.4 is 5.32 Å². The number of nitrogens with one attached hydrogen (secondary N) is 1. The van der Waals surface area contributed by atoms with Gasteiger partial charge in [0.25, 0.3) is 0 Å². The van der Waals surface area contributed by atoms with Crippen molar-refractivity contribution in [3.05, 3.63) is 69.3 Å². The van der Waals surface area contributed by atoms with Crippen molar-refractivity contribution in [2.75, 3.05) is 13.7 Å². The summed E-state index contributed by atoms with van der Waals surface area (Å²) in [5, 5.41) is 14.9. The molecule has 13 nitrogen and oxygen atoms in total. The van der Waals surface area contributed by atoms with Crippen LogP contribution in [-0.2, 0) is 55.9 Å². The second kappa shape index (κ2) is 19.9. The van der Waals surface area contributed by atoms with Gasteiger partial charge in [0.1, 0.15) is 41.5 Å². The molecule has 60 heavy (non-hydrogen) atoms. The zero-order valence-corrected chi connectivity index (χ0v) is 38.2. The van der Waals surface area contributed by atoms with Gasteiger partial charge in [-0.25, -0.2) is 0 Å². The molecule has 330 valence electrons. The van der Waals surface area contributed by atoms with Gasteiger partial charge in [0, 0.05) is 42.7 Å². The zero-order chi connectivity index (χ0) is 43.2. The fourth-order valence-corrected chi connectivity index (χ4v) is 10.0. The number of benzene rings is 2. The van der Waals surface area contributed by atoms with Gasteiger partial charge < -0.3 is 34.3 Å². The van der Waals surface area contributed by atoms with E-state index in [1.807, 2.05) is 54.6 Å². The number of rotatable bonds is 20. The van der Waals surface area contributed by atoms with E-state index in [9.17, 15) is 19.5 Å². The van der Waals surface area contributed by atoms with Gasteiger partial charge >= 0.3 is 11.9 Å². The van der Waals surface area contributed by atoms with Crippen LogP contribution in [0.15, 0.2) is 54.6 Å². The maximum absolute atomic E-state index is 15.7. The summed E-state index contributed by atoms with van der Waals surface area (Å²) in [5.41, 5.74) is -0.471. The van der Waals surface area contributed by atoms with Crippen LogP contribution in [0.2, 0.25) is 0 Å². The quantitative estimate of drug-likeness (QED) is 0.0862. The number of hydrogen-bond acceptors (Lipinski definition) is 11. The smallest absolute Gasteiger partial charge is 0.327 e. The number of unbranched alkanes of at least 4 members (excludes halogenated alkanes) is 4. The maximum atomic E-state index is 15.7. The highest BCUT2D eigenvalue weighted by Crippen LogP contribution is 2.58. The Bertz CT molecular complexity index is 1800. The third-order valence-electron chi connectivity index (χ3n) is 12.2. The van der Waals surface area contributed by atoms with Gasteiger partial charge in [-0.3, -0.25) is 24.0 Å². The number of aliphatic hydroxyl groups excluding tert-OH is 1. The molecule has 8 atom stereocenters. The number of carbonyl (C=O) groups is 4. The standard InChI is InChI=1S/C46H64IN3O10/c1-7-9-14-23-45(24-15-10-8-2)58-37-35-27-46(39(42(54)56-35)50(60-40(46)38(37)59-45)28-31-19-16-20-32(47)25-31)43(55)49(6)34(26-30-17-12-11-13-18-30)41(53)48-33(29-51)21-22-36(52)57-44(3,4)5/h11-13,16-20,25,33-35,37-40,51H,7-10,14-15,21-24,26-29H2,1-6H3,(H,48,53)/t33-,34+,35+,37-,38-,39+,40+,46+/m0/s1. The Kier molecular flexibility index (Phi) is 15.4. The lowest BCUT2D eigenvalue weighted by molar-refractivity contribution is -0.225. The van der Waals surface area contributed by atoms with Gasteiger partial charge in [-0.2, -0.15) is 5.06 Å². The van der Waals surface area contributed by atoms with E-state index in [-0.39, 0.29) is 32.2 Å². The summed E-state index contributed by atoms with van der Waals surface area (Å²) in [6.45, 7) is 9.42. The van der Waals surface area contributed by atoms with Crippen molar-refractivity contribution < 1.29 is 48.1 Å². The van der Waals surface area contributed by atoms with Crippen LogP contribution in [0.4, 0.5) is 0 Å². The molecule has 4 aliphatic rings. The van der Waals surface area contributed by atoms with E-state index in [1.54, 1.807) is 32.9 Å². The second-order valence-corrected chi connectivity index (χ2v) is 19.2. The van der Waals surface area contributed by atoms with Crippen LogP contribution in [0.1, 0.15) is 116 Å². The highest BCUT2D eigenvalue weighted by Gasteiger charge is 2.76. The normalized spacial score (nSPS) is 26.5. The molecule has 4 fully saturated rings. The summed E-state index contributed by atoms with van der Waals surface area (Å²) >= 11 is 2.25. The maximum Gasteiger partial charge on any atom is 0.327 e. The van der Waals surface area contributed by atoms with Crippen LogP contribution in [-0.4, -0.2) is 106 Å².